The van der Waals surface area contributed by atoms with E-state index >= 15 is 0 Å². The fourth-order valence-electron chi connectivity index (χ4n) is 2.44. The van der Waals surface area contributed by atoms with Gasteiger partial charge in [-0.25, -0.2) is 0 Å². The van der Waals surface area contributed by atoms with Crippen molar-refractivity contribution in [1.82, 2.24) is 4.98 Å². The molecule has 0 aromatic carbocycles. The van der Waals surface area contributed by atoms with Crippen LogP contribution in [0.4, 0.5) is 0 Å². The van der Waals surface area contributed by atoms with E-state index in [4.69, 9.17) is 0 Å². The van der Waals surface area contributed by atoms with Gasteiger partial charge in [-0.2, -0.15) is 5.26 Å². The maximum atomic E-state index is 9.44. The predicted octanol–water partition coefficient (Wildman–Crippen LogP) is 3.20. The molecule has 1 aromatic heterocycles. The molecule has 15 heavy (non-hydrogen) atoms. The van der Waals surface area contributed by atoms with Crippen molar-refractivity contribution in [2.45, 2.75) is 43.9 Å². The van der Waals surface area contributed by atoms with Gasteiger partial charge in [-0.15, -0.1) is 0 Å². The van der Waals surface area contributed by atoms with Gasteiger partial charge >= 0.3 is 0 Å². The molecule has 2 nitrogen and oxygen atoms in total. The molecule has 78 valence electrons. The fourth-order valence-corrected chi connectivity index (χ4v) is 2.44. The Morgan fingerprint density at radius 1 is 1.20 bits per heavy atom. The standard InChI is InChI=1S/C13H16N2/c14-11-13(7-3-1-2-4-8-13)12-6-5-9-15-10-12/h5-6,9-10H,1-4,7-8H2. The Kier molecular flexibility index (Phi) is 3.01. The highest BCUT2D eigenvalue weighted by molar-refractivity contribution is 5.30. The molecule has 1 aliphatic carbocycles. The first-order valence-corrected chi connectivity index (χ1v) is 5.69. The van der Waals surface area contributed by atoms with Gasteiger partial charge in [-0.3, -0.25) is 4.98 Å². The number of pyridine rings is 1. The molecule has 0 unspecified atom stereocenters. The first-order valence-electron chi connectivity index (χ1n) is 5.69. The molecule has 0 aliphatic heterocycles. The highest BCUT2D eigenvalue weighted by Gasteiger charge is 2.32. The van der Waals surface area contributed by atoms with Crippen molar-refractivity contribution in [1.29, 1.82) is 5.26 Å². The zero-order valence-corrected chi connectivity index (χ0v) is 8.95. The minimum absolute atomic E-state index is 0.259. The minimum atomic E-state index is -0.259. The van der Waals surface area contributed by atoms with Crippen LogP contribution in [-0.4, -0.2) is 4.98 Å². The molecule has 0 bridgehead atoms. The quantitative estimate of drug-likeness (QED) is 0.653. The van der Waals surface area contributed by atoms with E-state index in [0.717, 1.165) is 18.4 Å². The molecule has 1 fully saturated rings. The largest absolute Gasteiger partial charge is 0.264 e. The van der Waals surface area contributed by atoms with Crippen LogP contribution in [0.1, 0.15) is 44.1 Å². The Labute approximate surface area is 91.0 Å². The first kappa shape index (κ1) is 10.2. The molecule has 2 heteroatoms. The van der Waals surface area contributed by atoms with Gasteiger partial charge in [0.15, 0.2) is 0 Å². The molecule has 1 saturated carbocycles. The van der Waals surface area contributed by atoms with Gasteiger partial charge < -0.3 is 0 Å². The van der Waals surface area contributed by atoms with Crippen molar-refractivity contribution >= 4 is 0 Å². The summed E-state index contributed by atoms with van der Waals surface area (Å²) in [6.07, 6.45) is 10.5. The molecule has 0 saturated heterocycles. The van der Waals surface area contributed by atoms with Crippen molar-refractivity contribution in [3.05, 3.63) is 30.1 Å². The fraction of sp³-hybridized carbons (Fsp3) is 0.538. The smallest absolute Gasteiger partial charge is 0.0837 e. The van der Waals surface area contributed by atoms with Crippen molar-refractivity contribution in [2.75, 3.05) is 0 Å². The van der Waals surface area contributed by atoms with Crippen LogP contribution < -0.4 is 0 Å². The molecule has 0 radical (unpaired) electrons. The molecule has 0 N–H and O–H groups in total. The van der Waals surface area contributed by atoms with Gasteiger partial charge in [0.25, 0.3) is 0 Å². The average molecular weight is 200 g/mol. The molecule has 1 heterocycles. The van der Waals surface area contributed by atoms with Crippen LogP contribution in [0.3, 0.4) is 0 Å². The predicted molar refractivity (Wildman–Crippen MR) is 59.2 cm³/mol. The highest BCUT2D eigenvalue weighted by Crippen LogP contribution is 2.37. The Hall–Kier alpha value is -1.36. The lowest BCUT2D eigenvalue weighted by molar-refractivity contribution is 0.473. The van der Waals surface area contributed by atoms with Gasteiger partial charge in [0.2, 0.25) is 0 Å². The van der Waals surface area contributed by atoms with Crippen LogP contribution in [-0.2, 0) is 5.41 Å². The zero-order chi connectivity index (χ0) is 10.6. The van der Waals surface area contributed by atoms with Crippen LogP contribution in [0.25, 0.3) is 0 Å². The van der Waals surface area contributed by atoms with Gasteiger partial charge in [-0.05, 0) is 24.5 Å². The third kappa shape index (κ3) is 2.02. The second-order valence-corrected chi connectivity index (χ2v) is 4.35. The Balaban J connectivity index is 2.32. The Bertz CT molecular complexity index is 343. The maximum absolute atomic E-state index is 9.44. The molecule has 1 aromatic rings. The summed E-state index contributed by atoms with van der Waals surface area (Å²) < 4.78 is 0. The average Bonchev–Trinajstić information content (AvgIpc) is 2.56. The van der Waals surface area contributed by atoms with Crippen LogP contribution in [0.2, 0.25) is 0 Å². The van der Waals surface area contributed by atoms with Crippen LogP contribution >= 0.6 is 0 Å². The van der Waals surface area contributed by atoms with E-state index in [1.54, 1.807) is 6.20 Å². The summed E-state index contributed by atoms with van der Waals surface area (Å²) in [5.74, 6) is 0. The second-order valence-electron chi connectivity index (χ2n) is 4.35. The van der Waals surface area contributed by atoms with Gasteiger partial charge in [0.1, 0.15) is 0 Å². The summed E-state index contributed by atoms with van der Waals surface area (Å²) >= 11 is 0. The lowest BCUT2D eigenvalue weighted by Crippen LogP contribution is -2.23. The molecule has 0 amide bonds. The lowest BCUT2D eigenvalue weighted by Gasteiger charge is -2.24. The number of hydrogen-bond donors (Lipinski definition) is 0. The van der Waals surface area contributed by atoms with E-state index in [2.05, 4.69) is 11.1 Å². The topological polar surface area (TPSA) is 36.7 Å². The number of nitriles is 1. The normalized spacial score (nSPS) is 20.2. The van der Waals surface area contributed by atoms with E-state index in [1.807, 2.05) is 18.3 Å². The van der Waals surface area contributed by atoms with E-state index in [9.17, 15) is 5.26 Å². The summed E-state index contributed by atoms with van der Waals surface area (Å²) in [4.78, 5) is 4.13. The molecule has 0 spiro atoms. The second kappa shape index (κ2) is 4.44. The monoisotopic (exact) mass is 200 g/mol. The number of nitrogens with zero attached hydrogens (tertiary/aromatic N) is 2. The van der Waals surface area contributed by atoms with E-state index in [0.29, 0.717) is 0 Å². The molecular formula is C13H16N2. The number of rotatable bonds is 1. The third-order valence-corrected chi connectivity index (χ3v) is 3.39. The Morgan fingerprint density at radius 2 is 1.93 bits per heavy atom. The minimum Gasteiger partial charge on any atom is -0.264 e. The summed E-state index contributed by atoms with van der Waals surface area (Å²) in [7, 11) is 0. The van der Waals surface area contributed by atoms with Crippen molar-refractivity contribution in [3.63, 3.8) is 0 Å². The van der Waals surface area contributed by atoms with Gasteiger partial charge in [0, 0.05) is 12.4 Å². The van der Waals surface area contributed by atoms with Crippen molar-refractivity contribution < 1.29 is 0 Å². The first-order chi connectivity index (χ1) is 7.37. The molecular weight excluding hydrogens is 184 g/mol. The van der Waals surface area contributed by atoms with E-state index < -0.39 is 0 Å². The number of hydrogen-bond acceptors (Lipinski definition) is 2. The highest BCUT2D eigenvalue weighted by atomic mass is 14.6. The van der Waals surface area contributed by atoms with Crippen molar-refractivity contribution in [2.24, 2.45) is 0 Å². The van der Waals surface area contributed by atoms with Gasteiger partial charge in [0.05, 0.1) is 11.5 Å². The molecule has 1 aliphatic rings. The summed E-state index contributed by atoms with van der Waals surface area (Å²) in [5, 5.41) is 9.44. The van der Waals surface area contributed by atoms with Crippen molar-refractivity contribution in [3.8, 4) is 6.07 Å². The van der Waals surface area contributed by atoms with Crippen LogP contribution in [0.15, 0.2) is 24.5 Å². The van der Waals surface area contributed by atoms with Crippen LogP contribution in [0, 0.1) is 11.3 Å². The molecule has 0 atom stereocenters. The maximum Gasteiger partial charge on any atom is 0.0837 e. The summed E-state index contributed by atoms with van der Waals surface area (Å²) in [6.45, 7) is 0. The summed E-state index contributed by atoms with van der Waals surface area (Å²) in [5.41, 5.74) is 0.847. The van der Waals surface area contributed by atoms with E-state index in [-0.39, 0.29) is 5.41 Å². The Morgan fingerprint density at radius 3 is 2.47 bits per heavy atom. The third-order valence-electron chi connectivity index (χ3n) is 3.39. The SMILES string of the molecule is N#CC1(c2cccnc2)CCCCCC1. The zero-order valence-electron chi connectivity index (χ0n) is 8.95. The molecule has 2 rings (SSSR count). The van der Waals surface area contributed by atoms with Crippen LogP contribution in [0.5, 0.6) is 0 Å². The van der Waals surface area contributed by atoms with E-state index in [1.165, 1.54) is 25.7 Å². The lowest BCUT2D eigenvalue weighted by atomic mass is 9.76. The summed E-state index contributed by atoms with van der Waals surface area (Å²) in [6, 6.07) is 6.51. The number of aromatic nitrogens is 1. The van der Waals surface area contributed by atoms with Gasteiger partial charge in [-0.1, -0.05) is 31.7 Å².